The summed E-state index contributed by atoms with van der Waals surface area (Å²) in [5, 5.41) is 4.00. The van der Waals surface area contributed by atoms with E-state index in [1.54, 1.807) is 13.2 Å². The number of nitrogens with zero attached hydrogens (tertiary/aromatic N) is 3. The number of benzene rings is 3. The first-order valence-corrected chi connectivity index (χ1v) is 13.3. The average Bonchev–Trinajstić information content (AvgIpc) is 2.93. The third-order valence-corrected chi connectivity index (χ3v) is 7.04. The van der Waals surface area contributed by atoms with E-state index in [4.69, 9.17) is 9.47 Å². The lowest BCUT2D eigenvalue weighted by Crippen LogP contribution is -2.47. The minimum absolute atomic E-state index is 0.184. The highest BCUT2D eigenvalue weighted by Gasteiger charge is 2.31. The molecule has 4 aromatic rings. The predicted molar refractivity (Wildman–Crippen MR) is 151 cm³/mol. The number of rotatable bonds is 9. The lowest BCUT2D eigenvalue weighted by molar-refractivity contribution is -0.137. The smallest absolute Gasteiger partial charge is 0.416 e. The number of anilines is 2. The van der Waals surface area contributed by atoms with Gasteiger partial charge in [-0.15, -0.1) is 0 Å². The SMILES string of the molecule is COc1cccc(CN2CCN(CCOc3cc(Nc4cc(C)nc5ccccc45)cc(C(F)(F)F)c3)CC2)c1. The molecule has 0 amide bonds. The van der Waals surface area contributed by atoms with Crippen molar-refractivity contribution in [3.63, 3.8) is 0 Å². The van der Waals surface area contributed by atoms with Crippen molar-refractivity contribution in [3.8, 4) is 11.5 Å². The van der Waals surface area contributed by atoms with E-state index < -0.39 is 11.7 Å². The van der Waals surface area contributed by atoms with Crippen LogP contribution in [-0.4, -0.2) is 61.2 Å². The van der Waals surface area contributed by atoms with Crippen molar-refractivity contribution in [1.82, 2.24) is 14.8 Å². The van der Waals surface area contributed by atoms with Crippen molar-refractivity contribution in [3.05, 3.63) is 89.6 Å². The van der Waals surface area contributed by atoms with Crippen LogP contribution in [0.5, 0.6) is 11.5 Å². The van der Waals surface area contributed by atoms with Gasteiger partial charge in [0.2, 0.25) is 0 Å². The Morgan fingerprint density at radius 2 is 1.65 bits per heavy atom. The van der Waals surface area contributed by atoms with Gasteiger partial charge in [-0.25, -0.2) is 0 Å². The van der Waals surface area contributed by atoms with Gasteiger partial charge >= 0.3 is 6.18 Å². The van der Waals surface area contributed by atoms with Crippen LogP contribution in [-0.2, 0) is 12.7 Å². The van der Waals surface area contributed by atoms with Gasteiger partial charge < -0.3 is 14.8 Å². The number of fused-ring (bicyclic) bond motifs is 1. The summed E-state index contributed by atoms with van der Waals surface area (Å²) in [7, 11) is 1.67. The molecule has 1 N–H and O–H groups in total. The molecule has 0 radical (unpaired) electrons. The molecule has 40 heavy (non-hydrogen) atoms. The molecule has 0 bridgehead atoms. The number of methoxy groups -OCH3 is 1. The lowest BCUT2D eigenvalue weighted by atomic mass is 10.1. The number of ether oxygens (including phenoxy) is 2. The molecule has 5 rings (SSSR count). The van der Waals surface area contributed by atoms with Gasteiger partial charge in [-0.3, -0.25) is 14.8 Å². The quantitative estimate of drug-likeness (QED) is 0.256. The van der Waals surface area contributed by atoms with E-state index in [2.05, 4.69) is 32.2 Å². The number of piperazine rings is 1. The summed E-state index contributed by atoms with van der Waals surface area (Å²) in [4.78, 5) is 9.18. The fourth-order valence-corrected chi connectivity index (χ4v) is 4.98. The maximum absolute atomic E-state index is 13.7. The van der Waals surface area contributed by atoms with Crippen LogP contribution in [0.2, 0.25) is 0 Å². The average molecular weight is 551 g/mol. The molecule has 1 saturated heterocycles. The molecular weight excluding hydrogens is 517 g/mol. The molecule has 210 valence electrons. The Hall–Kier alpha value is -3.82. The van der Waals surface area contributed by atoms with Gasteiger partial charge in [-0.2, -0.15) is 13.2 Å². The Labute approximate surface area is 232 Å². The molecule has 3 aromatic carbocycles. The van der Waals surface area contributed by atoms with E-state index in [1.807, 2.05) is 49.4 Å². The standard InChI is InChI=1S/C31H33F3N4O2/c1-22-16-30(28-8-3-4-9-29(28)35-22)36-25-18-24(31(32,33)34)19-27(20-25)40-15-14-37-10-12-38(13-11-37)21-23-6-5-7-26(17-23)39-2/h3-9,16-20H,10-15,21H2,1-2H3,(H,35,36). The van der Waals surface area contributed by atoms with Gasteiger partial charge in [-0.1, -0.05) is 30.3 Å². The molecule has 1 aromatic heterocycles. The second-order valence-electron chi connectivity index (χ2n) is 10.0. The molecule has 0 unspecified atom stereocenters. The summed E-state index contributed by atoms with van der Waals surface area (Å²) in [6.07, 6.45) is -4.49. The van der Waals surface area contributed by atoms with Crippen LogP contribution in [0.4, 0.5) is 24.5 Å². The fraction of sp³-hybridized carbons (Fsp3) is 0.323. The summed E-state index contributed by atoms with van der Waals surface area (Å²) < 4.78 is 52.4. The zero-order chi connectivity index (χ0) is 28.1. The molecule has 0 saturated carbocycles. The van der Waals surface area contributed by atoms with Crippen LogP contribution >= 0.6 is 0 Å². The first kappa shape index (κ1) is 27.7. The molecule has 1 aliphatic rings. The van der Waals surface area contributed by atoms with Crippen molar-refractivity contribution >= 4 is 22.3 Å². The van der Waals surface area contributed by atoms with Gasteiger partial charge in [0.05, 0.1) is 18.2 Å². The maximum Gasteiger partial charge on any atom is 0.416 e. The van der Waals surface area contributed by atoms with E-state index in [-0.39, 0.29) is 5.75 Å². The minimum atomic E-state index is -4.49. The summed E-state index contributed by atoms with van der Waals surface area (Å²) in [5.74, 6) is 1.04. The normalized spacial score (nSPS) is 14.8. The number of pyridine rings is 1. The minimum Gasteiger partial charge on any atom is -0.497 e. The number of hydrogen-bond donors (Lipinski definition) is 1. The van der Waals surface area contributed by atoms with Crippen molar-refractivity contribution in [2.75, 3.05) is 51.8 Å². The second-order valence-corrected chi connectivity index (χ2v) is 10.0. The summed E-state index contributed by atoms with van der Waals surface area (Å²) in [6.45, 7) is 7.22. The Bertz CT molecular complexity index is 1450. The Morgan fingerprint density at radius 3 is 2.42 bits per heavy atom. The molecule has 0 spiro atoms. The van der Waals surface area contributed by atoms with Crippen LogP contribution in [0.25, 0.3) is 10.9 Å². The number of nitrogens with one attached hydrogen (secondary N) is 1. The summed E-state index contributed by atoms with van der Waals surface area (Å²) in [5.41, 5.74) is 3.01. The van der Waals surface area contributed by atoms with E-state index in [9.17, 15) is 13.2 Å². The topological polar surface area (TPSA) is 49.9 Å². The van der Waals surface area contributed by atoms with E-state index in [0.717, 1.165) is 67.2 Å². The molecule has 6 nitrogen and oxygen atoms in total. The van der Waals surface area contributed by atoms with Gasteiger partial charge in [0.1, 0.15) is 18.1 Å². The molecule has 1 fully saturated rings. The number of para-hydroxylation sites is 1. The van der Waals surface area contributed by atoms with Crippen molar-refractivity contribution in [2.24, 2.45) is 0 Å². The van der Waals surface area contributed by atoms with Crippen LogP contribution in [0, 0.1) is 6.92 Å². The Kier molecular flexibility index (Phi) is 8.42. The summed E-state index contributed by atoms with van der Waals surface area (Å²) in [6, 6.07) is 21.2. The number of alkyl halides is 3. The van der Waals surface area contributed by atoms with Crippen LogP contribution in [0.15, 0.2) is 72.8 Å². The van der Waals surface area contributed by atoms with Gasteiger partial charge in [-0.05, 0) is 48.9 Å². The molecular formula is C31H33F3N4O2. The van der Waals surface area contributed by atoms with Crippen molar-refractivity contribution < 1.29 is 22.6 Å². The lowest BCUT2D eigenvalue weighted by Gasteiger charge is -2.34. The van der Waals surface area contributed by atoms with E-state index in [1.165, 1.54) is 5.56 Å². The predicted octanol–water partition coefficient (Wildman–Crippen LogP) is 6.51. The zero-order valence-corrected chi connectivity index (χ0v) is 22.7. The third-order valence-electron chi connectivity index (χ3n) is 7.04. The van der Waals surface area contributed by atoms with Crippen molar-refractivity contribution in [2.45, 2.75) is 19.6 Å². The molecule has 0 atom stereocenters. The molecule has 0 aliphatic carbocycles. The third kappa shape index (κ3) is 7.03. The van der Waals surface area contributed by atoms with Gasteiger partial charge in [0, 0.05) is 67.8 Å². The zero-order valence-electron chi connectivity index (χ0n) is 22.7. The first-order chi connectivity index (χ1) is 19.3. The van der Waals surface area contributed by atoms with Crippen LogP contribution < -0.4 is 14.8 Å². The number of halogens is 3. The van der Waals surface area contributed by atoms with Gasteiger partial charge in [0.15, 0.2) is 0 Å². The van der Waals surface area contributed by atoms with Gasteiger partial charge in [0.25, 0.3) is 0 Å². The highest BCUT2D eigenvalue weighted by molar-refractivity contribution is 5.93. The van der Waals surface area contributed by atoms with E-state index in [0.29, 0.717) is 24.5 Å². The van der Waals surface area contributed by atoms with Crippen molar-refractivity contribution in [1.29, 1.82) is 0 Å². The first-order valence-electron chi connectivity index (χ1n) is 13.3. The highest BCUT2D eigenvalue weighted by atomic mass is 19.4. The number of aryl methyl sites for hydroxylation is 1. The fourth-order valence-electron chi connectivity index (χ4n) is 4.98. The molecule has 9 heteroatoms. The largest absolute Gasteiger partial charge is 0.497 e. The molecule has 2 heterocycles. The number of hydrogen-bond acceptors (Lipinski definition) is 6. The summed E-state index contributed by atoms with van der Waals surface area (Å²) >= 11 is 0. The van der Waals surface area contributed by atoms with Crippen LogP contribution in [0.3, 0.4) is 0 Å². The second kappa shape index (κ2) is 12.1. The maximum atomic E-state index is 13.7. The Morgan fingerprint density at radius 1 is 0.875 bits per heavy atom. The highest BCUT2D eigenvalue weighted by Crippen LogP contribution is 2.36. The molecule has 1 aliphatic heterocycles. The van der Waals surface area contributed by atoms with Crippen LogP contribution in [0.1, 0.15) is 16.8 Å². The van der Waals surface area contributed by atoms with E-state index >= 15 is 0 Å². The Balaban J connectivity index is 1.20. The monoisotopic (exact) mass is 550 g/mol. The number of aromatic nitrogens is 1.